The van der Waals surface area contributed by atoms with Crippen molar-refractivity contribution in [1.82, 2.24) is 10.2 Å². The summed E-state index contributed by atoms with van der Waals surface area (Å²) in [5.41, 5.74) is 2.82. The minimum absolute atomic E-state index is 0.00302. The maximum atomic E-state index is 14.3. The number of benzene rings is 2. The number of amides is 3. The third-order valence-corrected chi connectivity index (χ3v) is 7.01. The molecule has 2 aliphatic heterocycles. The van der Waals surface area contributed by atoms with E-state index in [1.165, 1.54) is 17.2 Å². The molecule has 8 nitrogen and oxygen atoms in total. The topological polar surface area (TPSA) is 113 Å². The Balaban J connectivity index is 1.34. The van der Waals surface area contributed by atoms with E-state index in [0.717, 1.165) is 5.56 Å². The largest absolute Gasteiger partial charge is 0.361 e. The molecule has 3 amide bonds. The number of allylic oxidation sites excluding steroid dienone is 1. The molecular weight excluding hydrogens is 465 g/mol. The molecule has 9 heteroatoms. The van der Waals surface area contributed by atoms with Gasteiger partial charge in [0.15, 0.2) is 11.6 Å². The van der Waals surface area contributed by atoms with Crippen molar-refractivity contribution >= 4 is 35.0 Å². The zero-order valence-electron chi connectivity index (χ0n) is 19.6. The Morgan fingerprint density at radius 2 is 1.81 bits per heavy atom. The number of Topliss-reactive ketones (excluding diaryl/α,β-unsaturated/α-hetero) is 2. The van der Waals surface area contributed by atoms with Crippen LogP contribution in [0.2, 0.25) is 0 Å². The molecule has 1 unspecified atom stereocenters. The van der Waals surface area contributed by atoms with Gasteiger partial charge in [0, 0.05) is 54.7 Å². The van der Waals surface area contributed by atoms with Gasteiger partial charge in [-0.1, -0.05) is 23.8 Å². The molecule has 2 heterocycles. The van der Waals surface area contributed by atoms with Crippen molar-refractivity contribution in [2.24, 2.45) is 0 Å². The number of nitrogens with one attached hydrogen (secondary N) is 2. The van der Waals surface area contributed by atoms with Crippen molar-refractivity contribution in [1.29, 1.82) is 0 Å². The monoisotopic (exact) mass is 489 g/mol. The lowest BCUT2D eigenvalue weighted by Crippen LogP contribution is -2.52. The molecule has 184 valence electrons. The molecule has 5 rings (SSSR count). The summed E-state index contributed by atoms with van der Waals surface area (Å²) in [5.74, 6) is -2.87. The predicted octanol–water partition coefficient (Wildman–Crippen LogP) is 2.91. The van der Waals surface area contributed by atoms with Gasteiger partial charge in [-0.15, -0.1) is 0 Å². The van der Waals surface area contributed by atoms with E-state index in [1.54, 1.807) is 30.3 Å². The summed E-state index contributed by atoms with van der Waals surface area (Å²) in [5, 5.41) is 5.27. The number of anilines is 1. The van der Waals surface area contributed by atoms with Gasteiger partial charge in [0.05, 0.1) is 5.57 Å². The van der Waals surface area contributed by atoms with Crippen LogP contribution in [0.3, 0.4) is 0 Å². The number of rotatable bonds is 4. The number of carbonyl (C=O) groups excluding carboxylic acids is 5. The average Bonchev–Trinajstić information content (AvgIpc) is 3.17. The number of piperidine rings is 1. The van der Waals surface area contributed by atoms with Gasteiger partial charge in [-0.2, -0.15) is 0 Å². The van der Waals surface area contributed by atoms with Crippen LogP contribution in [0, 0.1) is 12.7 Å². The molecular formula is C27H24FN3O5. The highest BCUT2D eigenvalue weighted by Gasteiger charge is 2.40. The molecule has 1 saturated carbocycles. The van der Waals surface area contributed by atoms with E-state index in [2.05, 4.69) is 10.6 Å². The highest BCUT2D eigenvalue weighted by atomic mass is 19.1. The fraction of sp³-hybridized carbons (Fsp3) is 0.296. The first-order valence-electron chi connectivity index (χ1n) is 11.8. The maximum Gasteiger partial charge on any atom is 0.255 e. The van der Waals surface area contributed by atoms with Gasteiger partial charge in [0.1, 0.15) is 11.9 Å². The second kappa shape index (κ2) is 9.14. The van der Waals surface area contributed by atoms with Gasteiger partial charge in [-0.25, -0.2) is 4.39 Å². The first-order valence-corrected chi connectivity index (χ1v) is 11.8. The molecule has 0 bridgehead atoms. The summed E-state index contributed by atoms with van der Waals surface area (Å²) >= 11 is 0. The van der Waals surface area contributed by atoms with E-state index in [1.807, 2.05) is 6.92 Å². The number of imide groups is 1. The Bertz CT molecular complexity index is 1350. The number of ketones is 2. The van der Waals surface area contributed by atoms with E-state index in [-0.39, 0.29) is 61.2 Å². The molecule has 3 aliphatic rings. The van der Waals surface area contributed by atoms with Crippen LogP contribution >= 0.6 is 0 Å². The van der Waals surface area contributed by atoms with Crippen molar-refractivity contribution in [2.45, 2.75) is 51.1 Å². The Morgan fingerprint density at radius 3 is 2.53 bits per heavy atom. The van der Waals surface area contributed by atoms with E-state index in [4.69, 9.17) is 0 Å². The third kappa shape index (κ3) is 4.21. The van der Waals surface area contributed by atoms with Gasteiger partial charge < -0.3 is 10.2 Å². The van der Waals surface area contributed by atoms with Gasteiger partial charge in [0.25, 0.3) is 5.91 Å². The molecule has 1 atom stereocenters. The van der Waals surface area contributed by atoms with Crippen LogP contribution in [-0.4, -0.2) is 40.2 Å². The lowest BCUT2D eigenvalue weighted by molar-refractivity contribution is -0.137. The van der Waals surface area contributed by atoms with Crippen molar-refractivity contribution < 1.29 is 28.4 Å². The smallest absolute Gasteiger partial charge is 0.255 e. The number of hydrogen-bond donors (Lipinski definition) is 2. The molecule has 36 heavy (non-hydrogen) atoms. The summed E-state index contributed by atoms with van der Waals surface area (Å²) < 4.78 is 14.3. The fourth-order valence-corrected chi connectivity index (χ4v) is 5.12. The molecule has 2 aromatic carbocycles. The molecule has 2 aromatic rings. The molecule has 1 saturated heterocycles. The SMILES string of the molecule is Cc1ccc(F)c(C2CC(=O)C(=CNc3cccc4c3CN(C3CCC(=O)NC3=O)C4=O)C(=O)C2)c1. The quantitative estimate of drug-likeness (QED) is 0.388. The van der Waals surface area contributed by atoms with E-state index < -0.39 is 23.7 Å². The second-order valence-corrected chi connectivity index (χ2v) is 9.41. The lowest BCUT2D eigenvalue weighted by Gasteiger charge is -2.29. The van der Waals surface area contributed by atoms with E-state index in [0.29, 0.717) is 22.4 Å². The number of fused-ring (bicyclic) bond motifs is 1. The van der Waals surface area contributed by atoms with Crippen molar-refractivity contribution in [2.75, 3.05) is 5.32 Å². The number of aryl methyl sites for hydroxylation is 1. The molecule has 0 radical (unpaired) electrons. The number of nitrogens with zero attached hydrogens (tertiary/aromatic N) is 1. The molecule has 2 fully saturated rings. The van der Waals surface area contributed by atoms with Gasteiger partial charge in [0.2, 0.25) is 11.8 Å². The number of hydrogen-bond acceptors (Lipinski definition) is 6. The third-order valence-electron chi connectivity index (χ3n) is 7.01. The summed E-state index contributed by atoms with van der Waals surface area (Å²) in [6.45, 7) is 1.98. The standard InChI is InChI=1S/C27H24FN3O5/c1-14-5-6-20(28)17(9-14)15-10-23(32)18(24(33)11-15)12-29-21-4-2-3-16-19(21)13-31(27(16)36)22-7-8-25(34)30-26(22)35/h2-6,9,12,15,22,29H,7-8,10-11,13H2,1H3,(H,30,34,35). The minimum Gasteiger partial charge on any atom is -0.361 e. The first kappa shape index (κ1) is 23.6. The van der Waals surface area contributed by atoms with Gasteiger partial charge >= 0.3 is 0 Å². The summed E-state index contributed by atoms with van der Waals surface area (Å²) in [7, 11) is 0. The number of carbonyl (C=O) groups is 5. The predicted molar refractivity (Wildman–Crippen MR) is 127 cm³/mol. The van der Waals surface area contributed by atoms with Crippen molar-refractivity contribution in [3.8, 4) is 0 Å². The van der Waals surface area contributed by atoms with Crippen LogP contribution in [0.1, 0.15) is 58.6 Å². The summed E-state index contributed by atoms with van der Waals surface area (Å²) in [6, 6.07) is 8.97. The Morgan fingerprint density at radius 1 is 1.06 bits per heavy atom. The highest BCUT2D eigenvalue weighted by molar-refractivity contribution is 6.22. The molecule has 0 aromatic heterocycles. The van der Waals surface area contributed by atoms with Crippen LogP contribution in [0.25, 0.3) is 0 Å². The highest BCUT2D eigenvalue weighted by Crippen LogP contribution is 2.35. The summed E-state index contributed by atoms with van der Waals surface area (Å²) in [6.07, 6.45) is 1.80. The zero-order chi connectivity index (χ0) is 25.6. The molecule has 2 N–H and O–H groups in total. The Labute approximate surface area is 206 Å². The van der Waals surface area contributed by atoms with E-state index >= 15 is 0 Å². The normalized spacial score (nSPS) is 22.0. The Hall–Kier alpha value is -4.14. The second-order valence-electron chi connectivity index (χ2n) is 9.41. The molecule has 1 aliphatic carbocycles. The zero-order valence-corrected chi connectivity index (χ0v) is 19.6. The van der Waals surface area contributed by atoms with Crippen LogP contribution in [-0.2, 0) is 25.7 Å². The lowest BCUT2D eigenvalue weighted by atomic mass is 9.79. The van der Waals surface area contributed by atoms with Crippen LogP contribution < -0.4 is 10.6 Å². The van der Waals surface area contributed by atoms with E-state index in [9.17, 15) is 28.4 Å². The fourth-order valence-electron chi connectivity index (χ4n) is 5.12. The van der Waals surface area contributed by atoms with Gasteiger partial charge in [-0.05, 0) is 37.1 Å². The van der Waals surface area contributed by atoms with Crippen LogP contribution in [0.4, 0.5) is 10.1 Å². The molecule has 0 spiro atoms. The average molecular weight is 490 g/mol. The maximum absolute atomic E-state index is 14.3. The number of halogens is 1. The van der Waals surface area contributed by atoms with Crippen molar-refractivity contribution in [3.63, 3.8) is 0 Å². The van der Waals surface area contributed by atoms with Crippen LogP contribution in [0.15, 0.2) is 48.2 Å². The van der Waals surface area contributed by atoms with Crippen molar-refractivity contribution in [3.05, 3.63) is 76.2 Å². The Kier molecular flexibility index (Phi) is 5.99. The minimum atomic E-state index is -0.741. The summed E-state index contributed by atoms with van der Waals surface area (Å²) in [4.78, 5) is 63.9. The van der Waals surface area contributed by atoms with Gasteiger partial charge in [-0.3, -0.25) is 29.3 Å². The first-order chi connectivity index (χ1) is 17.2. The van der Waals surface area contributed by atoms with Crippen LogP contribution in [0.5, 0.6) is 0 Å².